The maximum absolute atomic E-state index is 12.9. The molecule has 29 heavy (non-hydrogen) atoms. The van der Waals surface area contributed by atoms with Crippen molar-refractivity contribution in [3.8, 4) is 0 Å². The summed E-state index contributed by atoms with van der Waals surface area (Å²) in [4.78, 5) is 42.0. The Morgan fingerprint density at radius 3 is 2.76 bits per heavy atom. The van der Waals surface area contributed by atoms with Crippen molar-refractivity contribution in [2.75, 3.05) is 11.1 Å². The number of anilines is 1. The molecule has 0 aliphatic heterocycles. The molecule has 8 nitrogen and oxygen atoms in total. The van der Waals surface area contributed by atoms with Crippen molar-refractivity contribution < 1.29 is 9.72 Å². The van der Waals surface area contributed by atoms with Gasteiger partial charge in [-0.25, -0.2) is 4.98 Å². The number of hydrogen-bond donors (Lipinski definition) is 1. The van der Waals surface area contributed by atoms with Crippen molar-refractivity contribution in [2.24, 2.45) is 7.05 Å². The van der Waals surface area contributed by atoms with Gasteiger partial charge in [0.2, 0.25) is 5.91 Å². The number of hydrogen-bond acceptors (Lipinski definition) is 7. The van der Waals surface area contributed by atoms with Crippen LogP contribution in [0.4, 0.5) is 11.4 Å². The van der Waals surface area contributed by atoms with E-state index in [2.05, 4.69) is 10.3 Å². The molecule has 1 aliphatic rings. The van der Waals surface area contributed by atoms with Crippen molar-refractivity contribution in [1.82, 2.24) is 9.55 Å². The summed E-state index contributed by atoms with van der Waals surface area (Å²) in [6.45, 7) is 0. The molecule has 0 saturated carbocycles. The quantitative estimate of drug-likeness (QED) is 0.287. The molecule has 10 heteroatoms. The van der Waals surface area contributed by atoms with Gasteiger partial charge in [-0.3, -0.25) is 24.3 Å². The number of nitro groups is 1. The lowest BCUT2D eigenvalue weighted by molar-refractivity contribution is -0.384. The predicted octanol–water partition coefficient (Wildman–Crippen LogP) is 3.51. The predicted molar refractivity (Wildman–Crippen MR) is 114 cm³/mol. The zero-order valence-corrected chi connectivity index (χ0v) is 17.3. The van der Waals surface area contributed by atoms with Gasteiger partial charge in [0.25, 0.3) is 11.2 Å². The summed E-state index contributed by atoms with van der Waals surface area (Å²) >= 11 is 2.78. The maximum Gasteiger partial charge on any atom is 0.269 e. The van der Waals surface area contributed by atoms with E-state index in [1.54, 1.807) is 18.4 Å². The van der Waals surface area contributed by atoms with Gasteiger partial charge in [0.05, 0.1) is 16.1 Å². The highest BCUT2D eigenvalue weighted by molar-refractivity contribution is 7.99. The van der Waals surface area contributed by atoms with E-state index in [1.807, 2.05) is 0 Å². The van der Waals surface area contributed by atoms with Crippen molar-refractivity contribution in [2.45, 2.75) is 30.8 Å². The van der Waals surface area contributed by atoms with Crippen LogP contribution in [0.1, 0.15) is 23.3 Å². The third-order valence-electron chi connectivity index (χ3n) is 4.85. The fourth-order valence-corrected chi connectivity index (χ4v) is 5.46. The van der Waals surface area contributed by atoms with Crippen LogP contribution in [-0.4, -0.2) is 26.1 Å². The summed E-state index contributed by atoms with van der Waals surface area (Å²) in [5, 5.41) is 14.6. The smallest absolute Gasteiger partial charge is 0.269 e. The summed E-state index contributed by atoms with van der Waals surface area (Å²) in [7, 11) is 1.68. The Balaban J connectivity index is 1.49. The zero-order chi connectivity index (χ0) is 20.5. The van der Waals surface area contributed by atoms with Crippen LogP contribution in [-0.2, 0) is 24.7 Å². The van der Waals surface area contributed by atoms with Gasteiger partial charge >= 0.3 is 0 Å². The van der Waals surface area contributed by atoms with Crippen LogP contribution in [0.3, 0.4) is 0 Å². The van der Waals surface area contributed by atoms with Crippen molar-refractivity contribution >= 4 is 50.6 Å². The van der Waals surface area contributed by atoms with Crippen LogP contribution < -0.4 is 10.9 Å². The fraction of sp³-hybridized carbons (Fsp3) is 0.316. The Labute approximate surface area is 174 Å². The summed E-state index contributed by atoms with van der Waals surface area (Å²) in [6, 6.07) is 5.63. The number of nitro benzene ring substituents is 1. The molecular weight excluding hydrogens is 412 g/mol. The average molecular weight is 431 g/mol. The molecule has 0 unspecified atom stereocenters. The first-order valence-electron chi connectivity index (χ1n) is 9.12. The molecule has 1 N–H and O–H groups in total. The van der Waals surface area contributed by atoms with Gasteiger partial charge in [-0.2, -0.15) is 0 Å². The number of aromatic nitrogens is 2. The third kappa shape index (κ3) is 3.90. The minimum absolute atomic E-state index is 0.0384. The molecule has 0 bridgehead atoms. The highest BCUT2D eigenvalue weighted by Gasteiger charge is 2.21. The number of nitrogens with zero attached hydrogens (tertiary/aromatic N) is 3. The second kappa shape index (κ2) is 7.96. The average Bonchev–Trinajstić information content (AvgIpc) is 3.08. The first-order valence-corrected chi connectivity index (χ1v) is 10.9. The van der Waals surface area contributed by atoms with Crippen LogP contribution >= 0.6 is 23.1 Å². The summed E-state index contributed by atoms with van der Waals surface area (Å²) in [5.41, 5.74) is 1.53. The zero-order valence-electron chi connectivity index (χ0n) is 15.6. The van der Waals surface area contributed by atoms with E-state index in [4.69, 9.17) is 0 Å². The molecule has 1 aliphatic carbocycles. The molecular formula is C19H18N4O4S2. The molecule has 0 radical (unpaired) electrons. The third-order valence-corrected chi connectivity index (χ3v) is 7.07. The van der Waals surface area contributed by atoms with Crippen LogP contribution in [0, 0.1) is 10.1 Å². The molecule has 0 atom stereocenters. The molecule has 0 fully saturated rings. The number of aryl methyl sites for hydroxylation is 2. The topological polar surface area (TPSA) is 107 Å². The van der Waals surface area contributed by atoms with E-state index in [9.17, 15) is 19.7 Å². The van der Waals surface area contributed by atoms with Gasteiger partial charge in [-0.15, -0.1) is 11.3 Å². The van der Waals surface area contributed by atoms with Crippen molar-refractivity contribution in [3.63, 3.8) is 0 Å². The maximum atomic E-state index is 12.9. The van der Waals surface area contributed by atoms with Crippen molar-refractivity contribution in [1.29, 1.82) is 0 Å². The van der Waals surface area contributed by atoms with Crippen LogP contribution in [0.5, 0.6) is 0 Å². The molecule has 0 spiro atoms. The lowest BCUT2D eigenvalue weighted by Gasteiger charge is -2.11. The van der Waals surface area contributed by atoms with Gasteiger partial charge in [-0.1, -0.05) is 11.8 Å². The molecule has 150 valence electrons. The van der Waals surface area contributed by atoms with E-state index in [0.29, 0.717) is 10.8 Å². The number of nitrogens with one attached hydrogen (secondary N) is 1. The lowest BCUT2D eigenvalue weighted by atomic mass is 9.97. The number of carbonyl (C=O) groups is 1. The number of thioether (sulfide) groups is 1. The number of fused-ring (bicyclic) bond motifs is 3. The minimum atomic E-state index is -0.494. The van der Waals surface area contributed by atoms with Gasteiger partial charge in [0, 0.05) is 29.7 Å². The number of rotatable bonds is 5. The number of non-ortho nitro benzene ring substituents is 1. The highest BCUT2D eigenvalue weighted by Crippen LogP contribution is 2.34. The monoisotopic (exact) mass is 430 g/mol. The standard InChI is InChI=1S/C19H18N4O4S2/c1-22-18(25)16-13-4-2-3-5-14(13)29-17(16)21-19(22)28-10-15(24)20-11-6-8-12(9-7-11)23(26)27/h6-9H,2-5,10H2,1H3,(H,20,24). The molecule has 2 aromatic heterocycles. The van der Waals surface area contributed by atoms with Gasteiger partial charge in [-0.05, 0) is 43.4 Å². The SMILES string of the molecule is Cn1c(SCC(=O)Nc2ccc([N+](=O)[O-])cc2)nc2sc3c(c2c1=O)CCCC3. The van der Waals surface area contributed by atoms with E-state index in [-0.39, 0.29) is 22.9 Å². The van der Waals surface area contributed by atoms with E-state index >= 15 is 0 Å². The molecule has 0 saturated heterocycles. The van der Waals surface area contributed by atoms with Crippen LogP contribution in [0.15, 0.2) is 34.2 Å². The highest BCUT2D eigenvalue weighted by atomic mass is 32.2. The summed E-state index contributed by atoms with van der Waals surface area (Å²) < 4.78 is 1.51. The Morgan fingerprint density at radius 2 is 2.03 bits per heavy atom. The van der Waals surface area contributed by atoms with Gasteiger partial charge in [0.1, 0.15) is 4.83 Å². The first kappa shape index (κ1) is 19.6. The molecule has 3 aromatic rings. The summed E-state index contributed by atoms with van der Waals surface area (Å²) in [6.07, 6.45) is 4.17. The number of thiophene rings is 1. The second-order valence-corrected chi connectivity index (χ2v) is 8.82. The molecule has 1 aromatic carbocycles. The lowest BCUT2D eigenvalue weighted by Crippen LogP contribution is -2.22. The molecule has 4 rings (SSSR count). The van der Waals surface area contributed by atoms with E-state index < -0.39 is 4.92 Å². The Kier molecular flexibility index (Phi) is 5.37. The summed E-state index contributed by atoms with van der Waals surface area (Å²) in [5.74, 6) is -0.197. The molecule has 2 heterocycles. The molecule has 1 amide bonds. The van der Waals surface area contributed by atoms with Gasteiger partial charge < -0.3 is 5.32 Å². The van der Waals surface area contributed by atoms with Crippen LogP contribution in [0.25, 0.3) is 10.2 Å². The minimum Gasteiger partial charge on any atom is -0.325 e. The Hall–Kier alpha value is -2.72. The van der Waals surface area contributed by atoms with E-state index in [1.165, 1.54) is 45.5 Å². The fourth-order valence-electron chi connectivity index (χ4n) is 3.39. The number of amides is 1. The van der Waals surface area contributed by atoms with E-state index in [0.717, 1.165) is 41.5 Å². The van der Waals surface area contributed by atoms with Gasteiger partial charge in [0.15, 0.2) is 5.16 Å². The van der Waals surface area contributed by atoms with Crippen LogP contribution in [0.2, 0.25) is 0 Å². The first-order chi connectivity index (χ1) is 13.9. The Bertz CT molecular complexity index is 1170. The number of carbonyl (C=O) groups excluding carboxylic acids is 1. The largest absolute Gasteiger partial charge is 0.325 e. The number of benzene rings is 1. The Morgan fingerprint density at radius 1 is 1.31 bits per heavy atom. The second-order valence-electron chi connectivity index (χ2n) is 6.79. The normalized spacial score (nSPS) is 13.3. The van der Waals surface area contributed by atoms with Crippen molar-refractivity contribution in [3.05, 3.63) is 55.2 Å².